The molecule has 1 aliphatic heterocycles. The van der Waals surface area contributed by atoms with Crippen molar-refractivity contribution in [3.8, 4) is 12.1 Å². The standard InChI is InChI=1S/C25H25FN8O2S/c1-3-21-19(14-32(2)18(11-27)12-28)25(36)34-24(10-20(31-34)16-6-8-37-9-7-16)33(21)15-23(35)30-22-5-4-17(26)13-29-22/h3-5,10,13,16,18H,1,6-9,14-15H2,2H3,(H,29,30,35). The summed E-state index contributed by atoms with van der Waals surface area (Å²) in [5.41, 5.74) is 1.44. The number of hydrogen-bond acceptors (Lipinski definition) is 8. The lowest BCUT2D eigenvalue weighted by atomic mass is 9.99. The number of carbonyl (C=O) groups excluding carboxylic acids is 1. The fourth-order valence-electron chi connectivity index (χ4n) is 4.34. The van der Waals surface area contributed by atoms with Crippen LogP contribution >= 0.6 is 11.8 Å². The molecule has 1 aliphatic rings. The summed E-state index contributed by atoms with van der Waals surface area (Å²) in [7, 11) is 1.57. The minimum atomic E-state index is -1.07. The predicted octanol–water partition coefficient (Wildman–Crippen LogP) is 2.77. The number of rotatable bonds is 8. The summed E-state index contributed by atoms with van der Waals surface area (Å²) >= 11 is 1.88. The molecule has 0 aliphatic carbocycles. The first-order chi connectivity index (χ1) is 17.9. The molecule has 3 aromatic heterocycles. The van der Waals surface area contributed by atoms with Gasteiger partial charge in [0.1, 0.15) is 23.8 Å². The van der Waals surface area contributed by atoms with Gasteiger partial charge in [0.05, 0.1) is 35.3 Å². The van der Waals surface area contributed by atoms with Crippen LogP contribution in [0.25, 0.3) is 11.7 Å². The number of pyridine rings is 1. The van der Waals surface area contributed by atoms with Crippen LogP contribution < -0.4 is 10.9 Å². The quantitative estimate of drug-likeness (QED) is 0.480. The fraction of sp³-hybridized carbons (Fsp3) is 0.360. The van der Waals surface area contributed by atoms with Gasteiger partial charge < -0.3 is 9.88 Å². The number of hydrogen-bond donors (Lipinski definition) is 1. The number of nitriles is 2. The Labute approximate surface area is 217 Å². The third-order valence-electron chi connectivity index (χ3n) is 6.26. The van der Waals surface area contributed by atoms with Crippen LogP contribution in [0.3, 0.4) is 0 Å². The fourth-order valence-corrected chi connectivity index (χ4v) is 5.44. The number of thioether (sulfide) groups is 1. The highest BCUT2D eigenvalue weighted by atomic mass is 32.2. The molecule has 0 aromatic carbocycles. The van der Waals surface area contributed by atoms with Gasteiger partial charge in [0, 0.05) is 18.5 Å². The largest absolute Gasteiger partial charge is 0.316 e. The first-order valence-corrected chi connectivity index (χ1v) is 12.8. The third kappa shape index (κ3) is 5.56. The average molecular weight is 521 g/mol. The molecule has 12 heteroatoms. The molecule has 0 atom stereocenters. The maximum absolute atomic E-state index is 13.6. The number of amides is 1. The molecule has 190 valence electrons. The van der Waals surface area contributed by atoms with Crippen LogP contribution in [0.1, 0.15) is 35.7 Å². The Morgan fingerprint density at radius 2 is 2.11 bits per heavy atom. The molecule has 1 amide bonds. The first kappa shape index (κ1) is 26.1. The molecule has 0 bridgehead atoms. The van der Waals surface area contributed by atoms with Gasteiger partial charge in [-0.3, -0.25) is 14.5 Å². The zero-order valence-corrected chi connectivity index (χ0v) is 21.0. The Morgan fingerprint density at radius 1 is 1.38 bits per heavy atom. The van der Waals surface area contributed by atoms with E-state index in [1.54, 1.807) is 11.6 Å². The second kappa shape index (κ2) is 11.4. The highest BCUT2D eigenvalue weighted by Crippen LogP contribution is 2.31. The van der Waals surface area contributed by atoms with Gasteiger partial charge in [0.25, 0.3) is 5.56 Å². The SMILES string of the molecule is C=Cc1c(CN(C)C(C#N)C#N)c(=O)n2nc(C3CCSCC3)cc2n1CC(=O)Nc1ccc(F)cn1. The van der Waals surface area contributed by atoms with E-state index in [1.807, 2.05) is 30.0 Å². The zero-order chi connectivity index (χ0) is 26.5. The van der Waals surface area contributed by atoms with E-state index in [1.165, 1.54) is 27.6 Å². The van der Waals surface area contributed by atoms with E-state index in [9.17, 15) is 24.5 Å². The van der Waals surface area contributed by atoms with Crippen molar-refractivity contribution in [1.29, 1.82) is 10.5 Å². The molecule has 0 spiro atoms. The second-order valence-electron chi connectivity index (χ2n) is 8.67. The van der Waals surface area contributed by atoms with Crippen LogP contribution in [0.15, 0.2) is 35.8 Å². The maximum atomic E-state index is 13.6. The normalized spacial score (nSPS) is 14.0. The second-order valence-corrected chi connectivity index (χ2v) is 9.90. The Morgan fingerprint density at radius 3 is 2.73 bits per heavy atom. The number of carbonyl (C=O) groups is 1. The van der Waals surface area contributed by atoms with Gasteiger partial charge in [0.2, 0.25) is 5.91 Å². The molecule has 0 saturated carbocycles. The molecule has 37 heavy (non-hydrogen) atoms. The first-order valence-electron chi connectivity index (χ1n) is 11.6. The van der Waals surface area contributed by atoms with E-state index in [4.69, 9.17) is 0 Å². The van der Waals surface area contributed by atoms with Gasteiger partial charge in [-0.2, -0.15) is 31.9 Å². The topological polar surface area (TPSA) is 132 Å². The van der Waals surface area contributed by atoms with Crippen LogP contribution in [0.4, 0.5) is 10.2 Å². The molecule has 4 rings (SSSR count). The Kier molecular flexibility index (Phi) is 8.01. The van der Waals surface area contributed by atoms with E-state index >= 15 is 0 Å². The highest BCUT2D eigenvalue weighted by molar-refractivity contribution is 7.99. The van der Waals surface area contributed by atoms with E-state index in [-0.39, 0.29) is 30.4 Å². The molecule has 10 nitrogen and oxygen atoms in total. The molecule has 1 saturated heterocycles. The van der Waals surface area contributed by atoms with Gasteiger partial charge in [0.15, 0.2) is 6.04 Å². The van der Waals surface area contributed by atoms with Crippen LogP contribution in [-0.4, -0.2) is 54.6 Å². The van der Waals surface area contributed by atoms with E-state index < -0.39 is 23.3 Å². The minimum Gasteiger partial charge on any atom is -0.316 e. The van der Waals surface area contributed by atoms with Crippen LogP contribution in [0.5, 0.6) is 0 Å². The van der Waals surface area contributed by atoms with Crippen LogP contribution in [-0.2, 0) is 17.9 Å². The summed E-state index contributed by atoms with van der Waals surface area (Å²) < 4.78 is 16.1. The Balaban J connectivity index is 1.81. The number of nitrogens with zero attached hydrogens (tertiary/aromatic N) is 7. The van der Waals surface area contributed by atoms with Gasteiger partial charge in [-0.05, 0) is 49.6 Å². The van der Waals surface area contributed by atoms with Crippen molar-refractivity contribution in [2.45, 2.75) is 37.9 Å². The van der Waals surface area contributed by atoms with E-state index in [0.717, 1.165) is 36.2 Å². The lowest BCUT2D eigenvalue weighted by molar-refractivity contribution is -0.116. The molecule has 1 N–H and O–H groups in total. The summed E-state index contributed by atoms with van der Waals surface area (Å²) in [6.45, 7) is 3.63. The number of aromatic nitrogens is 4. The summed E-state index contributed by atoms with van der Waals surface area (Å²) in [6.07, 6.45) is 4.36. The third-order valence-corrected chi connectivity index (χ3v) is 7.31. The van der Waals surface area contributed by atoms with Gasteiger partial charge >= 0.3 is 0 Å². The molecular weight excluding hydrogens is 495 g/mol. The van der Waals surface area contributed by atoms with Gasteiger partial charge in [-0.1, -0.05) is 6.58 Å². The number of halogens is 1. The lowest BCUT2D eigenvalue weighted by Gasteiger charge is -2.21. The molecule has 4 heterocycles. The van der Waals surface area contributed by atoms with Crippen LogP contribution in [0, 0.1) is 28.5 Å². The van der Waals surface area contributed by atoms with Crippen molar-refractivity contribution >= 4 is 35.2 Å². The minimum absolute atomic E-state index is 0.0295. The smallest absolute Gasteiger partial charge is 0.279 e. The summed E-state index contributed by atoms with van der Waals surface area (Å²) in [5, 5.41) is 25.9. The van der Waals surface area contributed by atoms with Crippen LogP contribution in [0.2, 0.25) is 0 Å². The van der Waals surface area contributed by atoms with E-state index in [2.05, 4.69) is 22.0 Å². The molecule has 3 aromatic rings. The summed E-state index contributed by atoms with van der Waals surface area (Å²) in [5.74, 6) is 1.43. The highest BCUT2D eigenvalue weighted by Gasteiger charge is 2.25. The van der Waals surface area contributed by atoms with Crippen molar-refractivity contribution in [3.05, 3.63) is 64.1 Å². The monoisotopic (exact) mass is 520 g/mol. The number of anilines is 1. The van der Waals surface area contributed by atoms with E-state index in [0.29, 0.717) is 11.3 Å². The van der Waals surface area contributed by atoms with Crippen molar-refractivity contribution in [2.75, 3.05) is 23.9 Å². The van der Waals surface area contributed by atoms with Gasteiger partial charge in [-0.25, -0.2) is 9.37 Å². The molecule has 1 fully saturated rings. The van der Waals surface area contributed by atoms with Gasteiger partial charge in [-0.15, -0.1) is 0 Å². The van der Waals surface area contributed by atoms with Crippen molar-refractivity contribution in [3.63, 3.8) is 0 Å². The Bertz CT molecular complexity index is 1450. The number of fused-ring (bicyclic) bond motifs is 1. The summed E-state index contributed by atoms with van der Waals surface area (Å²) in [4.78, 5) is 31.9. The maximum Gasteiger partial charge on any atom is 0.279 e. The predicted molar refractivity (Wildman–Crippen MR) is 138 cm³/mol. The lowest BCUT2D eigenvalue weighted by Crippen LogP contribution is -2.35. The summed E-state index contributed by atoms with van der Waals surface area (Å²) in [6, 6.07) is 7.11. The molecule has 0 unspecified atom stereocenters. The van der Waals surface area contributed by atoms with Crippen molar-refractivity contribution < 1.29 is 9.18 Å². The molecule has 0 radical (unpaired) electrons. The average Bonchev–Trinajstić information content (AvgIpc) is 3.35. The number of nitrogens with one attached hydrogen (secondary N) is 1. The van der Waals surface area contributed by atoms with Crippen molar-refractivity contribution in [1.82, 2.24) is 24.1 Å². The van der Waals surface area contributed by atoms with Crippen molar-refractivity contribution in [2.24, 2.45) is 0 Å². The Hall–Kier alpha value is -4.00. The zero-order valence-electron chi connectivity index (χ0n) is 20.2. The molecular formula is C25H25FN8O2S.